The molecule has 0 amide bonds. The molecule has 2 heterocycles. The van der Waals surface area contributed by atoms with Gasteiger partial charge in [-0.25, -0.2) is 0 Å². The number of allylic oxidation sites excluding steroid dienone is 1. The molecule has 1 aliphatic heterocycles. The van der Waals surface area contributed by atoms with Crippen molar-refractivity contribution in [3.8, 4) is 0 Å². The third-order valence-corrected chi connectivity index (χ3v) is 5.36. The standard InChI is InChI=1S/C24H26N2O2/c1-25(2)13-10-21-17-26(24(27)19-6-4-3-5-7-19)23-9-8-20(16-22(21)23)18-11-14-28-15-12-18/h3-9,11,14,16-18H,10,12-13,15H2,1-2H3. The highest BCUT2D eigenvalue weighted by molar-refractivity contribution is 6.03. The number of aromatic nitrogens is 1. The smallest absolute Gasteiger partial charge is 0.262 e. The van der Waals surface area contributed by atoms with E-state index in [2.05, 4.69) is 43.3 Å². The fourth-order valence-corrected chi connectivity index (χ4v) is 3.77. The van der Waals surface area contributed by atoms with Crippen molar-refractivity contribution in [1.82, 2.24) is 9.47 Å². The minimum atomic E-state index is 0.0143. The van der Waals surface area contributed by atoms with E-state index in [1.165, 1.54) is 16.5 Å². The molecule has 1 aromatic heterocycles. The van der Waals surface area contributed by atoms with E-state index in [1.54, 1.807) is 10.8 Å². The van der Waals surface area contributed by atoms with Gasteiger partial charge in [0.2, 0.25) is 0 Å². The van der Waals surface area contributed by atoms with Crippen LogP contribution in [0.15, 0.2) is 67.1 Å². The van der Waals surface area contributed by atoms with Crippen LogP contribution in [0, 0.1) is 0 Å². The van der Waals surface area contributed by atoms with Gasteiger partial charge in [0.25, 0.3) is 5.91 Å². The van der Waals surface area contributed by atoms with Gasteiger partial charge in [-0.3, -0.25) is 9.36 Å². The maximum absolute atomic E-state index is 13.1. The summed E-state index contributed by atoms with van der Waals surface area (Å²) in [6.45, 7) is 1.69. The summed E-state index contributed by atoms with van der Waals surface area (Å²) < 4.78 is 7.15. The number of likely N-dealkylation sites (N-methyl/N-ethyl adjacent to an activating group) is 1. The summed E-state index contributed by atoms with van der Waals surface area (Å²) in [5.41, 5.74) is 4.17. The topological polar surface area (TPSA) is 34.5 Å². The Bertz CT molecular complexity index is 1000. The molecule has 4 rings (SSSR count). The molecule has 0 radical (unpaired) electrons. The first kappa shape index (κ1) is 18.5. The Kier molecular flexibility index (Phi) is 5.31. The molecule has 0 saturated heterocycles. The van der Waals surface area contributed by atoms with Crippen LogP contribution in [0.2, 0.25) is 0 Å². The Morgan fingerprint density at radius 3 is 2.71 bits per heavy atom. The molecular weight excluding hydrogens is 348 g/mol. The number of carbonyl (C=O) groups is 1. The third kappa shape index (κ3) is 3.73. The fraction of sp³-hybridized carbons (Fsp3) is 0.292. The van der Waals surface area contributed by atoms with Crippen molar-refractivity contribution in [2.24, 2.45) is 0 Å². The minimum Gasteiger partial charge on any atom is -0.501 e. The highest BCUT2D eigenvalue weighted by Crippen LogP contribution is 2.30. The number of benzene rings is 2. The molecule has 0 bridgehead atoms. The van der Waals surface area contributed by atoms with Gasteiger partial charge in [-0.05, 0) is 68.4 Å². The summed E-state index contributed by atoms with van der Waals surface area (Å²) in [7, 11) is 4.15. The molecule has 4 heteroatoms. The van der Waals surface area contributed by atoms with E-state index in [1.807, 2.05) is 36.5 Å². The van der Waals surface area contributed by atoms with Gasteiger partial charge < -0.3 is 9.64 Å². The Morgan fingerprint density at radius 2 is 2.00 bits per heavy atom. The maximum atomic E-state index is 13.1. The lowest BCUT2D eigenvalue weighted by atomic mass is 9.93. The van der Waals surface area contributed by atoms with Gasteiger partial charge in [-0.1, -0.05) is 24.3 Å². The van der Waals surface area contributed by atoms with Gasteiger partial charge in [0.15, 0.2) is 0 Å². The Balaban J connectivity index is 1.78. The average molecular weight is 374 g/mol. The first-order chi connectivity index (χ1) is 13.6. The monoisotopic (exact) mass is 374 g/mol. The van der Waals surface area contributed by atoms with Crippen LogP contribution in [0.3, 0.4) is 0 Å². The lowest BCUT2D eigenvalue weighted by Gasteiger charge is -2.17. The summed E-state index contributed by atoms with van der Waals surface area (Å²) in [6.07, 6.45) is 7.84. The van der Waals surface area contributed by atoms with Crippen LogP contribution in [0.25, 0.3) is 10.9 Å². The molecule has 2 aromatic carbocycles. The van der Waals surface area contributed by atoms with Crippen molar-refractivity contribution in [2.75, 3.05) is 27.2 Å². The second-order valence-electron chi connectivity index (χ2n) is 7.62. The molecule has 0 aliphatic carbocycles. The predicted molar refractivity (Wildman–Crippen MR) is 113 cm³/mol. The molecule has 144 valence electrons. The molecule has 0 fully saturated rings. The van der Waals surface area contributed by atoms with Gasteiger partial charge in [-0.15, -0.1) is 0 Å². The van der Waals surface area contributed by atoms with Crippen molar-refractivity contribution in [3.05, 3.63) is 83.8 Å². The van der Waals surface area contributed by atoms with E-state index in [0.29, 0.717) is 11.5 Å². The lowest BCUT2D eigenvalue weighted by molar-refractivity contribution is 0.0965. The molecule has 1 unspecified atom stereocenters. The molecular formula is C24H26N2O2. The largest absolute Gasteiger partial charge is 0.501 e. The Labute approximate surface area is 166 Å². The molecule has 28 heavy (non-hydrogen) atoms. The predicted octanol–water partition coefficient (Wildman–Crippen LogP) is 4.45. The zero-order valence-electron chi connectivity index (χ0n) is 16.5. The van der Waals surface area contributed by atoms with Crippen LogP contribution in [0.1, 0.15) is 33.8 Å². The number of carbonyl (C=O) groups excluding carboxylic acids is 1. The minimum absolute atomic E-state index is 0.0143. The van der Waals surface area contributed by atoms with E-state index in [4.69, 9.17) is 4.74 Å². The first-order valence-corrected chi connectivity index (χ1v) is 9.80. The van der Waals surface area contributed by atoms with Crippen LogP contribution < -0.4 is 0 Å². The summed E-state index contributed by atoms with van der Waals surface area (Å²) in [5, 5.41) is 1.17. The summed E-state index contributed by atoms with van der Waals surface area (Å²) in [4.78, 5) is 15.3. The van der Waals surface area contributed by atoms with E-state index in [9.17, 15) is 4.79 Å². The fourth-order valence-electron chi connectivity index (χ4n) is 3.77. The normalized spacial score (nSPS) is 16.5. The van der Waals surface area contributed by atoms with Crippen LogP contribution in [-0.2, 0) is 11.2 Å². The number of ether oxygens (including phenoxy) is 1. The van der Waals surface area contributed by atoms with Crippen LogP contribution >= 0.6 is 0 Å². The number of hydrogen-bond acceptors (Lipinski definition) is 3. The molecule has 0 saturated carbocycles. The number of nitrogens with zero attached hydrogens (tertiary/aromatic N) is 2. The Hall–Kier alpha value is -2.85. The SMILES string of the molecule is CN(C)CCc1cn(C(=O)c2ccccc2)c2ccc(C3C=COCC3)cc12. The van der Waals surface area contributed by atoms with Gasteiger partial charge in [-0.2, -0.15) is 0 Å². The highest BCUT2D eigenvalue weighted by atomic mass is 16.5. The maximum Gasteiger partial charge on any atom is 0.262 e. The van der Waals surface area contributed by atoms with E-state index in [0.717, 1.165) is 31.5 Å². The van der Waals surface area contributed by atoms with E-state index >= 15 is 0 Å². The van der Waals surface area contributed by atoms with E-state index < -0.39 is 0 Å². The van der Waals surface area contributed by atoms with Crippen molar-refractivity contribution < 1.29 is 9.53 Å². The molecule has 3 aromatic rings. The van der Waals surface area contributed by atoms with Gasteiger partial charge >= 0.3 is 0 Å². The molecule has 1 atom stereocenters. The highest BCUT2D eigenvalue weighted by Gasteiger charge is 2.18. The van der Waals surface area contributed by atoms with Gasteiger partial charge in [0.1, 0.15) is 0 Å². The van der Waals surface area contributed by atoms with Gasteiger partial charge in [0, 0.05) is 29.6 Å². The zero-order chi connectivity index (χ0) is 19.5. The second kappa shape index (κ2) is 8.03. The molecule has 4 nitrogen and oxygen atoms in total. The van der Waals surface area contributed by atoms with Crippen molar-refractivity contribution in [2.45, 2.75) is 18.8 Å². The third-order valence-electron chi connectivity index (χ3n) is 5.36. The van der Waals surface area contributed by atoms with Crippen LogP contribution in [-0.4, -0.2) is 42.6 Å². The zero-order valence-corrected chi connectivity index (χ0v) is 16.5. The lowest BCUT2D eigenvalue weighted by Crippen LogP contribution is -2.15. The van der Waals surface area contributed by atoms with E-state index in [-0.39, 0.29) is 5.91 Å². The number of fused-ring (bicyclic) bond motifs is 1. The van der Waals surface area contributed by atoms with Crippen LogP contribution in [0.4, 0.5) is 0 Å². The summed E-state index contributed by atoms with van der Waals surface area (Å²) in [6, 6.07) is 16.0. The second-order valence-corrected chi connectivity index (χ2v) is 7.62. The van der Waals surface area contributed by atoms with Crippen molar-refractivity contribution >= 4 is 16.8 Å². The number of rotatable bonds is 5. The summed E-state index contributed by atoms with van der Waals surface area (Å²) in [5.74, 6) is 0.383. The quantitative estimate of drug-likeness (QED) is 0.662. The number of hydrogen-bond donors (Lipinski definition) is 0. The summed E-state index contributed by atoms with van der Waals surface area (Å²) >= 11 is 0. The molecule has 0 spiro atoms. The molecule has 1 aliphatic rings. The Morgan fingerprint density at radius 1 is 1.18 bits per heavy atom. The van der Waals surface area contributed by atoms with Crippen LogP contribution in [0.5, 0.6) is 0 Å². The average Bonchev–Trinajstić information content (AvgIpc) is 3.11. The van der Waals surface area contributed by atoms with Gasteiger partial charge in [0.05, 0.1) is 18.4 Å². The first-order valence-electron chi connectivity index (χ1n) is 9.80. The van der Waals surface area contributed by atoms with Crippen molar-refractivity contribution in [3.63, 3.8) is 0 Å². The molecule has 0 N–H and O–H groups in total. The van der Waals surface area contributed by atoms with Crippen molar-refractivity contribution in [1.29, 1.82) is 0 Å².